The Balaban J connectivity index is 1.61. The zero-order chi connectivity index (χ0) is 19.2. The molecule has 0 fully saturated rings. The van der Waals surface area contributed by atoms with E-state index in [0.29, 0.717) is 29.4 Å². The fraction of sp³-hybridized carbons (Fsp3) is 0.158. The van der Waals surface area contributed by atoms with Crippen LogP contribution in [0, 0.1) is 0 Å². The number of amides is 2. The van der Waals surface area contributed by atoms with Gasteiger partial charge < -0.3 is 20.1 Å². The number of carbonyl (C=O) groups excluding carboxylic acids is 1. The molecule has 0 aliphatic carbocycles. The van der Waals surface area contributed by atoms with Crippen LogP contribution in [-0.2, 0) is 6.54 Å². The summed E-state index contributed by atoms with van der Waals surface area (Å²) in [5.41, 5.74) is 2.25. The topological polar surface area (TPSA) is 77.4 Å². The number of methoxy groups -OCH3 is 2. The van der Waals surface area contributed by atoms with E-state index in [1.54, 1.807) is 42.4 Å². The number of carbonyl (C=O) groups is 1. The van der Waals surface area contributed by atoms with E-state index in [2.05, 4.69) is 31.7 Å². The highest BCUT2D eigenvalue weighted by Gasteiger charge is 2.10. The standard InChI is InChI=1S/C19H19BrN4O3/c1-26-16-7-8-17(18(9-16)27-2)23-19(25)22-15-10-21-24(12-15)11-13-3-5-14(20)6-4-13/h3-10,12H,11H2,1-2H3,(H2,22,23,25). The monoisotopic (exact) mass is 430 g/mol. The highest BCUT2D eigenvalue weighted by molar-refractivity contribution is 9.10. The van der Waals surface area contributed by atoms with Gasteiger partial charge in [-0.1, -0.05) is 28.1 Å². The molecule has 0 radical (unpaired) electrons. The molecule has 3 aromatic rings. The van der Waals surface area contributed by atoms with Gasteiger partial charge in [0, 0.05) is 16.7 Å². The maximum absolute atomic E-state index is 12.3. The number of aromatic nitrogens is 2. The van der Waals surface area contributed by atoms with Crippen LogP contribution < -0.4 is 20.1 Å². The number of nitrogens with zero attached hydrogens (tertiary/aromatic N) is 2. The number of ether oxygens (including phenoxy) is 2. The number of hydrogen-bond acceptors (Lipinski definition) is 4. The van der Waals surface area contributed by atoms with E-state index in [4.69, 9.17) is 9.47 Å². The first-order chi connectivity index (χ1) is 13.1. The molecule has 0 bridgehead atoms. The summed E-state index contributed by atoms with van der Waals surface area (Å²) < 4.78 is 13.2. The van der Waals surface area contributed by atoms with Crippen LogP contribution >= 0.6 is 15.9 Å². The maximum Gasteiger partial charge on any atom is 0.323 e. The number of nitrogens with one attached hydrogen (secondary N) is 2. The zero-order valence-electron chi connectivity index (χ0n) is 14.9. The van der Waals surface area contributed by atoms with Crippen LogP contribution in [0.3, 0.4) is 0 Å². The predicted octanol–water partition coefficient (Wildman–Crippen LogP) is 4.36. The van der Waals surface area contributed by atoms with Gasteiger partial charge in [0.1, 0.15) is 11.5 Å². The number of anilines is 2. The highest BCUT2D eigenvalue weighted by atomic mass is 79.9. The van der Waals surface area contributed by atoms with Crippen molar-refractivity contribution in [1.82, 2.24) is 9.78 Å². The molecule has 1 aromatic heterocycles. The molecule has 0 saturated carbocycles. The highest BCUT2D eigenvalue weighted by Crippen LogP contribution is 2.29. The first-order valence-corrected chi connectivity index (χ1v) is 8.93. The van der Waals surface area contributed by atoms with Crippen LogP contribution in [0.25, 0.3) is 0 Å². The van der Waals surface area contributed by atoms with E-state index in [1.807, 2.05) is 24.3 Å². The lowest BCUT2D eigenvalue weighted by molar-refractivity contribution is 0.262. The molecule has 2 aromatic carbocycles. The second-order valence-corrected chi connectivity index (χ2v) is 6.61. The van der Waals surface area contributed by atoms with Crippen LogP contribution in [0.15, 0.2) is 59.3 Å². The van der Waals surface area contributed by atoms with Crippen LogP contribution in [0.4, 0.5) is 16.2 Å². The van der Waals surface area contributed by atoms with Gasteiger partial charge in [0.25, 0.3) is 0 Å². The molecule has 2 N–H and O–H groups in total. The van der Waals surface area contributed by atoms with E-state index < -0.39 is 0 Å². The molecule has 7 nitrogen and oxygen atoms in total. The van der Waals surface area contributed by atoms with Crippen LogP contribution in [-0.4, -0.2) is 30.0 Å². The Morgan fingerprint density at radius 2 is 1.89 bits per heavy atom. The van der Waals surface area contributed by atoms with Gasteiger partial charge in [0.2, 0.25) is 0 Å². The predicted molar refractivity (Wildman–Crippen MR) is 108 cm³/mol. The number of halogens is 1. The average molecular weight is 431 g/mol. The summed E-state index contributed by atoms with van der Waals surface area (Å²) in [5, 5.41) is 9.78. The van der Waals surface area contributed by atoms with E-state index in [9.17, 15) is 4.79 Å². The van der Waals surface area contributed by atoms with E-state index in [-0.39, 0.29) is 6.03 Å². The first-order valence-electron chi connectivity index (χ1n) is 8.14. The van der Waals surface area contributed by atoms with Gasteiger partial charge in [-0.25, -0.2) is 4.79 Å². The Bertz CT molecular complexity index is 925. The van der Waals surface area contributed by atoms with Crippen molar-refractivity contribution < 1.29 is 14.3 Å². The third-order valence-corrected chi connectivity index (χ3v) is 4.33. The Morgan fingerprint density at radius 1 is 1.11 bits per heavy atom. The lowest BCUT2D eigenvalue weighted by Gasteiger charge is -2.11. The molecule has 0 spiro atoms. The molecule has 0 aliphatic heterocycles. The molecular weight excluding hydrogens is 412 g/mol. The molecule has 0 aliphatic rings. The third-order valence-electron chi connectivity index (χ3n) is 3.81. The lowest BCUT2D eigenvalue weighted by atomic mass is 10.2. The minimum Gasteiger partial charge on any atom is -0.497 e. The summed E-state index contributed by atoms with van der Waals surface area (Å²) in [6.45, 7) is 0.614. The van der Waals surface area contributed by atoms with E-state index >= 15 is 0 Å². The molecule has 8 heteroatoms. The smallest absolute Gasteiger partial charge is 0.323 e. The van der Waals surface area contributed by atoms with Crippen molar-refractivity contribution in [2.24, 2.45) is 0 Å². The fourth-order valence-electron chi connectivity index (χ4n) is 2.48. The number of benzene rings is 2. The Labute approximate surface area is 165 Å². The van der Waals surface area contributed by atoms with Crippen molar-refractivity contribution in [2.45, 2.75) is 6.54 Å². The second-order valence-electron chi connectivity index (χ2n) is 5.70. The number of hydrogen-bond donors (Lipinski definition) is 2. The molecule has 2 amide bonds. The second kappa shape index (κ2) is 8.59. The third kappa shape index (κ3) is 5.01. The van der Waals surface area contributed by atoms with Gasteiger partial charge in [-0.05, 0) is 29.8 Å². The summed E-state index contributed by atoms with van der Waals surface area (Å²) in [6, 6.07) is 12.8. The fourth-order valence-corrected chi connectivity index (χ4v) is 2.74. The van der Waals surface area contributed by atoms with Crippen molar-refractivity contribution in [2.75, 3.05) is 24.9 Å². The van der Waals surface area contributed by atoms with Gasteiger partial charge >= 0.3 is 6.03 Å². The summed E-state index contributed by atoms with van der Waals surface area (Å²) in [5.74, 6) is 1.16. The summed E-state index contributed by atoms with van der Waals surface area (Å²) in [4.78, 5) is 12.3. The van der Waals surface area contributed by atoms with Crippen molar-refractivity contribution in [3.05, 3.63) is 64.9 Å². The van der Waals surface area contributed by atoms with E-state index in [0.717, 1.165) is 10.0 Å². The largest absolute Gasteiger partial charge is 0.497 e. The zero-order valence-corrected chi connectivity index (χ0v) is 16.5. The molecule has 140 valence electrons. The molecular formula is C19H19BrN4O3. The minimum atomic E-state index is -0.387. The Hall–Kier alpha value is -3.00. The normalized spacial score (nSPS) is 10.3. The van der Waals surface area contributed by atoms with E-state index in [1.165, 1.54) is 7.11 Å². The van der Waals surface area contributed by atoms with Gasteiger partial charge in [-0.3, -0.25) is 4.68 Å². The van der Waals surface area contributed by atoms with Gasteiger partial charge in [0.05, 0.1) is 38.3 Å². The summed E-state index contributed by atoms with van der Waals surface area (Å²) in [6.07, 6.45) is 3.37. The molecule has 0 atom stereocenters. The quantitative estimate of drug-likeness (QED) is 0.608. The number of rotatable bonds is 6. The summed E-state index contributed by atoms with van der Waals surface area (Å²) >= 11 is 3.41. The number of urea groups is 1. The van der Waals surface area contributed by atoms with Crippen molar-refractivity contribution in [1.29, 1.82) is 0 Å². The van der Waals surface area contributed by atoms with Gasteiger partial charge in [-0.15, -0.1) is 0 Å². The maximum atomic E-state index is 12.3. The van der Waals surface area contributed by atoms with Crippen LogP contribution in [0.2, 0.25) is 0 Å². The van der Waals surface area contributed by atoms with Gasteiger partial charge in [0.15, 0.2) is 0 Å². The van der Waals surface area contributed by atoms with Gasteiger partial charge in [-0.2, -0.15) is 5.10 Å². The molecule has 0 saturated heterocycles. The molecule has 1 heterocycles. The van der Waals surface area contributed by atoms with Crippen LogP contribution in [0.1, 0.15) is 5.56 Å². The van der Waals surface area contributed by atoms with Crippen molar-refractivity contribution >= 4 is 33.3 Å². The van der Waals surface area contributed by atoms with Crippen molar-refractivity contribution in [3.63, 3.8) is 0 Å². The summed E-state index contributed by atoms with van der Waals surface area (Å²) in [7, 11) is 3.10. The molecule has 0 unspecified atom stereocenters. The lowest BCUT2D eigenvalue weighted by Crippen LogP contribution is -2.19. The Kier molecular flexibility index (Phi) is 5.97. The average Bonchev–Trinajstić information content (AvgIpc) is 3.10. The SMILES string of the molecule is COc1ccc(NC(=O)Nc2cnn(Cc3ccc(Br)cc3)c2)c(OC)c1. The Morgan fingerprint density at radius 3 is 2.59 bits per heavy atom. The van der Waals surface area contributed by atoms with Crippen LogP contribution in [0.5, 0.6) is 11.5 Å². The molecule has 3 rings (SSSR count). The first kappa shape index (κ1) is 18.8. The minimum absolute atomic E-state index is 0.387. The van der Waals surface area contributed by atoms with Crippen molar-refractivity contribution in [3.8, 4) is 11.5 Å². The molecule has 27 heavy (non-hydrogen) atoms.